The molecule has 0 saturated heterocycles. The van der Waals surface area contributed by atoms with Crippen LogP contribution in [-0.4, -0.2) is 27.2 Å². The number of aromatic nitrogens is 3. The molecule has 1 heterocycles. The lowest BCUT2D eigenvalue weighted by atomic mass is 10.3. The number of hydrogen-bond acceptors (Lipinski definition) is 5. The minimum Gasteiger partial charge on any atom is -0.382 e. The molecular weight excluding hydrogens is 346 g/mol. The van der Waals surface area contributed by atoms with Crippen LogP contribution in [0.25, 0.3) is 5.69 Å². The molecule has 0 unspecified atom stereocenters. The van der Waals surface area contributed by atoms with E-state index in [1.165, 1.54) is 4.68 Å². The van der Waals surface area contributed by atoms with Crippen LogP contribution in [0.2, 0.25) is 5.02 Å². The van der Waals surface area contributed by atoms with Crippen LogP contribution >= 0.6 is 23.4 Å². The summed E-state index contributed by atoms with van der Waals surface area (Å²) in [6, 6.07) is 14.4. The molecule has 0 saturated carbocycles. The van der Waals surface area contributed by atoms with Crippen LogP contribution in [0.15, 0.2) is 53.4 Å². The van der Waals surface area contributed by atoms with Crippen molar-refractivity contribution in [1.29, 1.82) is 0 Å². The lowest BCUT2D eigenvalue weighted by Gasteiger charge is -2.06. The predicted molar refractivity (Wildman–Crippen MR) is 97.0 cm³/mol. The topological polar surface area (TPSA) is 85.8 Å². The van der Waals surface area contributed by atoms with Crippen LogP contribution in [0.3, 0.4) is 0 Å². The normalized spacial score (nSPS) is 10.6. The molecule has 24 heavy (non-hydrogen) atoms. The van der Waals surface area contributed by atoms with Gasteiger partial charge in [0.1, 0.15) is 0 Å². The minimum atomic E-state index is -0.411. The summed E-state index contributed by atoms with van der Waals surface area (Å²) in [6.07, 6.45) is 1.97. The van der Waals surface area contributed by atoms with Gasteiger partial charge in [-0.25, -0.2) is 0 Å². The number of halogens is 1. The predicted octanol–water partition coefficient (Wildman–Crippen LogP) is 3.48. The van der Waals surface area contributed by atoms with E-state index in [2.05, 4.69) is 15.6 Å². The van der Waals surface area contributed by atoms with Crippen molar-refractivity contribution >= 4 is 40.8 Å². The van der Waals surface area contributed by atoms with Gasteiger partial charge in [0.05, 0.1) is 5.69 Å². The average Bonchev–Trinajstić information content (AvgIpc) is 2.97. The Labute approximate surface area is 148 Å². The molecule has 0 aliphatic carbocycles. The zero-order chi connectivity index (χ0) is 17.1. The first-order valence-corrected chi connectivity index (χ1v) is 8.61. The first-order chi connectivity index (χ1) is 11.6. The summed E-state index contributed by atoms with van der Waals surface area (Å²) in [4.78, 5) is 13.4. The summed E-state index contributed by atoms with van der Waals surface area (Å²) < 4.78 is 1.39. The standard InChI is InChI=1S/C16H14ClN5OS/c1-24-13-4-2-3-11(9-13)19-16(23)14-15(18)22(21-20-14)12-7-5-10(17)6-8-12/h2-9H,18H2,1H3,(H,19,23). The minimum absolute atomic E-state index is 0.0690. The van der Waals surface area contributed by atoms with Crippen molar-refractivity contribution < 1.29 is 4.79 Å². The molecule has 3 aromatic rings. The lowest BCUT2D eigenvalue weighted by Crippen LogP contribution is -2.15. The van der Waals surface area contributed by atoms with Gasteiger partial charge in [-0.15, -0.1) is 16.9 Å². The molecule has 122 valence electrons. The van der Waals surface area contributed by atoms with Gasteiger partial charge in [0.2, 0.25) is 0 Å². The number of thioether (sulfide) groups is 1. The first-order valence-electron chi connectivity index (χ1n) is 7.01. The fourth-order valence-electron chi connectivity index (χ4n) is 2.12. The maximum Gasteiger partial charge on any atom is 0.280 e. The Kier molecular flexibility index (Phi) is 4.73. The summed E-state index contributed by atoms with van der Waals surface area (Å²) >= 11 is 7.46. The van der Waals surface area contributed by atoms with Crippen molar-refractivity contribution in [3.8, 4) is 5.69 Å². The number of nitrogens with zero attached hydrogens (tertiary/aromatic N) is 3. The number of benzene rings is 2. The number of rotatable bonds is 4. The van der Waals surface area contributed by atoms with Gasteiger partial charge in [0, 0.05) is 15.6 Å². The second kappa shape index (κ2) is 6.94. The monoisotopic (exact) mass is 359 g/mol. The average molecular weight is 360 g/mol. The molecule has 0 radical (unpaired) electrons. The van der Waals surface area contributed by atoms with Crippen molar-refractivity contribution in [3.63, 3.8) is 0 Å². The second-order valence-corrected chi connectivity index (χ2v) is 6.21. The number of nitrogens with one attached hydrogen (secondary N) is 1. The third kappa shape index (κ3) is 3.37. The van der Waals surface area contributed by atoms with Crippen LogP contribution in [0, 0.1) is 0 Å². The Balaban J connectivity index is 1.84. The quantitative estimate of drug-likeness (QED) is 0.696. The SMILES string of the molecule is CSc1cccc(NC(=O)c2nnn(-c3ccc(Cl)cc3)c2N)c1. The molecule has 0 aliphatic rings. The van der Waals surface area contributed by atoms with Gasteiger partial charge in [0.25, 0.3) is 5.91 Å². The van der Waals surface area contributed by atoms with Gasteiger partial charge >= 0.3 is 0 Å². The maximum absolute atomic E-state index is 12.4. The van der Waals surface area contributed by atoms with E-state index in [-0.39, 0.29) is 11.5 Å². The zero-order valence-corrected chi connectivity index (χ0v) is 14.3. The van der Waals surface area contributed by atoms with Crippen molar-refractivity contribution in [1.82, 2.24) is 15.0 Å². The highest BCUT2D eigenvalue weighted by Gasteiger charge is 2.18. The summed E-state index contributed by atoms with van der Waals surface area (Å²) in [6.45, 7) is 0. The molecule has 3 rings (SSSR count). The van der Waals surface area contributed by atoms with Crippen molar-refractivity contribution in [2.75, 3.05) is 17.3 Å². The highest BCUT2D eigenvalue weighted by Crippen LogP contribution is 2.21. The molecule has 8 heteroatoms. The van der Waals surface area contributed by atoms with Gasteiger partial charge in [-0.2, -0.15) is 4.68 Å². The number of carbonyl (C=O) groups is 1. The Bertz CT molecular complexity index is 878. The van der Waals surface area contributed by atoms with Crippen LogP contribution in [-0.2, 0) is 0 Å². The third-order valence-electron chi connectivity index (χ3n) is 3.32. The van der Waals surface area contributed by atoms with Crippen molar-refractivity contribution in [3.05, 3.63) is 59.2 Å². The van der Waals surface area contributed by atoms with Gasteiger partial charge in [-0.1, -0.05) is 22.9 Å². The Morgan fingerprint density at radius 2 is 2.00 bits per heavy atom. The van der Waals surface area contributed by atoms with Crippen LogP contribution < -0.4 is 11.1 Å². The van der Waals surface area contributed by atoms with Gasteiger partial charge in [-0.05, 0) is 48.7 Å². The fraction of sp³-hybridized carbons (Fsp3) is 0.0625. The highest BCUT2D eigenvalue weighted by atomic mass is 35.5. The van der Waals surface area contributed by atoms with E-state index in [1.54, 1.807) is 42.1 Å². The molecule has 0 spiro atoms. The molecule has 0 bridgehead atoms. The molecule has 1 amide bonds. The summed E-state index contributed by atoms with van der Waals surface area (Å²) in [5.41, 5.74) is 7.44. The van der Waals surface area contributed by atoms with Crippen molar-refractivity contribution in [2.24, 2.45) is 0 Å². The van der Waals surface area contributed by atoms with E-state index in [1.807, 2.05) is 24.5 Å². The molecule has 2 aromatic carbocycles. The summed E-state index contributed by atoms with van der Waals surface area (Å²) in [5.74, 6) is -0.248. The van der Waals surface area contributed by atoms with Crippen LogP contribution in [0.4, 0.5) is 11.5 Å². The Morgan fingerprint density at radius 3 is 2.71 bits per heavy atom. The van der Waals surface area contributed by atoms with Crippen molar-refractivity contribution in [2.45, 2.75) is 4.90 Å². The van der Waals surface area contributed by atoms with E-state index in [4.69, 9.17) is 17.3 Å². The molecule has 6 nitrogen and oxygen atoms in total. The molecule has 3 N–H and O–H groups in total. The van der Waals surface area contributed by atoms with Gasteiger partial charge in [-0.3, -0.25) is 4.79 Å². The van der Waals surface area contributed by atoms with E-state index in [0.717, 1.165) is 4.90 Å². The lowest BCUT2D eigenvalue weighted by molar-refractivity contribution is 0.102. The summed E-state index contributed by atoms with van der Waals surface area (Å²) in [7, 11) is 0. The maximum atomic E-state index is 12.4. The van der Waals surface area contributed by atoms with Gasteiger partial charge in [0.15, 0.2) is 11.5 Å². The van der Waals surface area contributed by atoms with E-state index < -0.39 is 5.91 Å². The molecule has 1 aromatic heterocycles. The number of anilines is 2. The van der Waals surface area contributed by atoms with Crippen LogP contribution in [0.1, 0.15) is 10.5 Å². The zero-order valence-electron chi connectivity index (χ0n) is 12.7. The van der Waals surface area contributed by atoms with E-state index in [9.17, 15) is 4.79 Å². The number of nitrogen functional groups attached to an aromatic ring is 1. The molecule has 0 atom stereocenters. The van der Waals surface area contributed by atoms with E-state index in [0.29, 0.717) is 16.4 Å². The number of amides is 1. The number of nitrogens with two attached hydrogens (primary N) is 1. The Morgan fingerprint density at radius 1 is 1.25 bits per heavy atom. The first kappa shape index (κ1) is 16.4. The molecule has 0 aliphatic heterocycles. The van der Waals surface area contributed by atoms with Crippen LogP contribution in [0.5, 0.6) is 0 Å². The molecular formula is C16H14ClN5OS. The smallest absolute Gasteiger partial charge is 0.280 e. The number of hydrogen-bond donors (Lipinski definition) is 2. The van der Waals surface area contributed by atoms with E-state index >= 15 is 0 Å². The Hall–Kier alpha value is -2.51. The largest absolute Gasteiger partial charge is 0.382 e. The fourth-order valence-corrected chi connectivity index (χ4v) is 2.70. The number of carbonyl (C=O) groups excluding carboxylic acids is 1. The third-order valence-corrected chi connectivity index (χ3v) is 4.30. The second-order valence-electron chi connectivity index (χ2n) is 4.90. The highest BCUT2D eigenvalue weighted by molar-refractivity contribution is 7.98. The summed E-state index contributed by atoms with van der Waals surface area (Å²) in [5, 5.41) is 11.2. The van der Waals surface area contributed by atoms with Gasteiger partial charge < -0.3 is 11.1 Å². The molecule has 0 fully saturated rings.